The average molecular weight is 438 g/mol. The maximum Gasteiger partial charge on any atom is 0.325 e. The van der Waals surface area contributed by atoms with Gasteiger partial charge in [0.15, 0.2) is 0 Å². The molecule has 1 aromatic carbocycles. The molecule has 2 fully saturated rings. The Labute approximate surface area is 188 Å². The van der Waals surface area contributed by atoms with Crippen LogP contribution in [0.2, 0.25) is 0 Å². The molecule has 1 aromatic heterocycles. The van der Waals surface area contributed by atoms with E-state index in [-0.39, 0.29) is 17.9 Å². The summed E-state index contributed by atoms with van der Waals surface area (Å²) in [6.07, 6.45) is 4.60. The minimum atomic E-state index is -0.867. The second-order valence-corrected chi connectivity index (χ2v) is 9.95. The summed E-state index contributed by atoms with van der Waals surface area (Å²) in [7, 11) is 0. The van der Waals surface area contributed by atoms with Crippen molar-refractivity contribution in [3.63, 3.8) is 0 Å². The van der Waals surface area contributed by atoms with Crippen molar-refractivity contribution in [2.24, 2.45) is 11.3 Å². The van der Waals surface area contributed by atoms with Crippen LogP contribution >= 0.6 is 0 Å². The molecule has 1 aliphatic carbocycles. The van der Waals surface area contributed by atoms with Crippen molar-refractivity contribution in [3.8, 4) is 0 Å². The summed E-state index contributed by atoms with van der Waals surface area (Å²) in [6.45, 7) is 6.83. The first kappa shape index (κ1) is 22.0. The van der Waals surface area contributed by atoms with Crippen LogP contribution in [0.1, 0.15) is 52.0 Å². The fourth-order valence-corrected chi connectivity index (χ4v) is 4.78. The summed E-state index contributed by atoms with van der Waals surface area (Å²) in [5, 5.41) is 9.94. The van der Waals surface area contributed by atoms with Crippen LogP contribution < -0.4 is 10.6 Å². The first-order valence-electron chi connectivity index (χ1n) is 11.2. The van der Waals surface area contributed by atoms with E-state index in [4.69, 9.17) is 0 Å². The van der Waals surface area contributed by atoms with Crippen molar-refractivity contribution in [1.29, 1.82) is 0 Å². The molecule has 4 amide bonds. The van der Waals surface area contributed by atoms with Crippen LogP contribution in [-0.4, -0.2) is 44.6 Å². The lowest BCUT2D eigenvalue weighted by atomic mass is 9.67. The average Bonchev–Trinajstić information content (AvgIpc) is 3.26. The third kappa shape index (κ3) is 4.40. The molecule has 4 rings (SSSR count). The molecule has 2 aliphatic rings. The van der Waals surface area contributed by atoms with Gasteiger partial charge in [0.25, 0.3) is 5.91 Å². The summed E-state index contributed by atoms with van der Waals surface area (Å²) in [4.78, 5) is 39.5. The van der Waals surface area contributed by atoms with E-state index in [9.17, 15) is 14.4 Å². The molecule has 1 saturated heterocycles. The number of benzene rings is 1. The number of carbonyl (C=O) groups excluding carboxylic acids is 3. The number of hydrogen-bond acceptors (Lipinski definition) is 4. The van der Waals surface area contributed by atoms with Crippen molar-refractivity contribution in [2.75, 3.05) is 11.9 Å². The van der Waals surface area contributed by atoms with Gasteiger partial charge in [0.1, 0.15) is 17.9 Å². The molecule has 0 unspecified atom stereocenters. The molecule has 2 heterocycles. The second-order valence-electron chi connectivity index (χ2n) is 9.95. The molecule has 8 nitrogen and oxygen atoms in total. The lowest BCUT2D eigenvalue weighted by molar-refractivity contribution is -0.135. The monoisotopic (exact) mass is 437 g/mol. The number of nitrogens with zero attached hydrogens (tertiary/aromatic N) is 3. The van der Waals surface area contributed by atoms with Gasteiger partial charge < -0.3 is 10.6 Å². The molecule has 32 heavy (non-hydrogen) atoms. The second kappa shape index (κ2) is 8.41. The summed E-state index contributed by atoms with van der Waals surface area (Å²) in [5.74, 6) is 0.318. The Balaban J connectivity index is 1.38. The number of rotatable bonds is 5. The van der Waals surface area contributed by atoms with Gasteiger partial charge in [0.2, 0.25) is 5.91 Å². The Morgan fingerprint density at radius 1 is 1.16 bits per heavy atom. The van der Waals surface area contributed by atoms with E-state index >= 15 is 0 Å². The van der Waals surface area contributed by atoms with Crippen molar-refractivity contribution < 1.29 is 14.4 Å². The van der Waals surface area contributed by atoms with Crippen LogP contribution in [0.3, 0.4) is 0 Å². The van der Waals surface area contributed by atoms with E-state index in [2.05, 4.69) is 36.5 Å². The molecule has 0 bridgehead atoms. The fraction of sp³-hybridized carbons (Fsp3) is 0.500. The molecule has 170 valence electrons. The summed E-state index contributed by atoms with van der Waals surface area (Å²) >= 11 is 0. The van der Waals surface area contributed by atoms with E-state index in [0.717, 1.165) is 23.3 Å². The highest BCUT2D eigenvalue weighted by molar-refractivity contribution is 6.10. The first-order valence-corrected chi connectivity index (χ1v) is 11.2. The van der Waals surface area contributed by atoms with E-state index in [0.29, 0.717) is 31.1 Å². The Bertz CT molecular complexity index is 1000. The largest absolute Gasteiger partial charge is 0.325 e. The number of aromatic nitrogens is 2. The number of urea groups is 1. The number of amides is 4. The molecular weight excluding hydrogens is 406 g/mol. The molecule has 1 saturated carbocycles. The molecule has 1 aliphatic heterocycles. The van der Waals surface area contributed by atoms with Crippen LogP contribution in [0.4, 0.5) is 10.6 Å². The van der Waals surface area contributed by atoms with Gasteiger partial charge >= 0.3 is 6.03 Å². The maximum absolute atomic E-state index is 13.1. The highest BCUT2D eigenvalue weighted by Crippen LogP contribution is 2.43. The van der Waals surface area contributed by atoms with E-state index in [1.165, 1.54) is 0 Å². The highest BCUT2D eigenvalue weighted by Gasteiger charge is 2.53. The number of hydrogen-bond donors (Lipinski definition) is 2. The minimum absolute atomic E-state index is 0.176. The zero-order chi connectivity index (χ0) is 22.9. The lowest BCUT2D eigenvalue weighted by Gasteiger charge is -2.40. The number of carbonyl (C=O) groups is 3. The topological polar surface area (TPSA) is 96.3 Å². The predicted octanol–water partition coefficient (Wildman–Crippen LogP) is 3.40. The van der Waals surface area contributed by atoms with E-state index in [1.807, 2.05) is 30.3 Å². The van der Waals surface area contributed by atoms with Crippen LogP contribution in [0.15, 0.2) is 42.6 Å². The summed E-state index contributed by atoms with van der Waals surface area (Å²) < 4.78 is 1.67. The maximum atomic E-state index is 13.1. The molecule has 2 N–H and O–H groups in total. The quantitative estimate of drug-likeness (QED) is 0.701. The first-order chi connectivity index (χ1) is 15.2. The van der Waals surface area contributed by atoms with Crippen LogP contribution in [0.5, 0.6) is 0 Å². The standard InChI is InChI=1S/C24H31N5O3/c1-23(2,3)18-9-12-24(13-10-18)21(31)28(22(32)27-24)16-20(30)26-19-11-14-25-29(19)15-17-7-5-4-6-8-17/h4-8,11,14,18H,9-10,12-13,15-16H2,1-3H3,(H,26,30)(H,27,32). The molecule has 0 atom stereocenters. The molecular formula is C24H31N5O3. The highest BCUT2D eigenvalue weighted by atomic mass is 16.2. The lowest BCUT2D eigenvalue weighted by Crippen LogP contribution is -2.51. The van der Waals surface area contributed by atoms with Gasteiger partial charge in [-0.3, -0.25) is 14.5 Å². The third-order valence-electron chi connectivity index (χ3n) is 6.77. The number of nitrogens with one attached hydrogen (secondary N) is 2. The van der Waals surface area contributed by atoms with Gasteiger partial charge in [-0.1, -0.05) is 51.1 Å². The predicted molar refractivity (Wildman–Crippen MR) is 121 cm³/mol. The molecule has 0 radical (unpaired) electrons. The Hall–Kier alpha value is -3.16. The van der Waals surface area contributed by atoms with Crippen molar-refractivity contribution in [1.82, 2.24) is 20.0 Å². The number of imide groups is 1. The van der Waals surface area contributed by atoms with E-state index in [1.54, 1.807) is 16.9 Å². The van der Waals surface area contributed by atoms with Gasteiger partial charge in [0, 0.05) is 6.07 Å². The molecule has 8 heteroatoms. The zero-order valence-electron chi connectivity index (χ0n) is 18.9. The minimum Gasteiger partial charge on any atom is -0.323 e. The van der Waals surface area contributed by atoms with Gasteiger partial charge in [-0.25, -0.2) is 9.48 Å². The van der Waals surface area contributed by atoms with Gasteiger partial charge in [0.05, 0.1) is 12.7 Å². The van der Waals surface area contributed by atoms with Crippen molar-refractivity contribution in [3.05, 3.63) is 48.2 Å². The van der Waals surface area contributed by atoms with Crippen LogP contribution in [0, 0.1) is 11.3 Å². The smallest absolute Gasteiger partial charge is 0.323 e. The van der Waals surface area contributed by atoms with Crippen LogP contribution in [0.25, 0.3) is 0 Å². The zero-order valence-corrected chi connectivity index (χ0v) is 18.9. The Morgan fingerprint density at radius 3 is 2.50 bits per heavy atom. The van der Waals surface area contributed by atoms with E-state index < -0.39 is 17.5 Å². The fourth-order valence-electron chi connectivity index (χ4n) is 4.78. The van der Waals surface area contributed by atoms with Gasteiger partial charge in [-0.15, -0.1) is 0 Å². The van der Waals surface area contributed by atoms with Crippen molar-refractivity contribution >= 4 is 23.7 Å². The normalized spacial score (nSPS) is 23.5. The number of anilines is 1. The van der Waals surface area contributed by atoms with Gasteiger partial charge in [-0.2, -0.15) is 5.10 Å². The molecule has 1 spiro atoms. The summed E-state index contributed by atoms with van der Waals surface area (Å²) in [6, 6.07) is 11.0. The van der Waals surface area contributed by atoms with Gasteiger partial charge in [-0.05, 0) is 42.6 Å². The molecule has 2 aromatic rings. The van der Waals surface area contributed by atoms with Crippen molar-refractivity contribution in [2.45, 2.75) is 58.5 Å². The third-order valence-corrected chi connectivity index (χ3v) is 6.77. The SMILES string of the molecule is CC(C)(C)C1CCC2(CC1)NC(=O)N(CC(=O)Nc1ccnn1Cc1ccccc1)C2=O. The van der Waals surface area contributed by atoms with Crippen LogP contribution in [-0.2, 0) is 16.1 Å². The Kier molecular flexibility index (Phi) is 5.79. The summed E-state index contributed by atoms with van der Waals surface area (Å²) in [5.41, 5.74) is 0.359. The Morgan fingerprint density at radius 2 is 1.84 bits per heavy atom.